The van der Waals surface area contributed by atoms with Gasteiger partial charge < -0.3 is 10.3 Å². The molecule has 2 N–H and O–H groups in total. The molecule has 2 aromatic carbocycles. The van der Waals surface area contributed by atoms with Crippen LogP contribution in [-0.2, 0) is 17.3 Å². The minimum absolute atomic E-state index is 0.121. The Kier molecular flexibility index (Phi) is 4.53. The molecule has 0 aliphatic heterocycles. The van der Waals surface area contributed by atoms with Crippen LogP contribution >= 0.6 is 0 Å². The number of aromatic nitrogens is 1. The van der Waals surface area contributed by atoms with E-state index in [1.165, 1.54) is 5.56 Å². The van der Waals surface area contributed by atoms with Gasteiger partial charge in [-0.15, -0.1) is 0 Å². The zero-order chi connectivity index (χ0) is 17.3. The molecule has 3 aromatic rings. The molecular weight excluding hydrogens is 320 g/mol. The van der Waals surface area contributed by atoms with Gasteiger partial charge in [-0.25, -0.2) is 0 Å². The lowest BCUT2D eigenvalue weighted by Crippen LogP contribution is -2.23. The summed E-state index contributed by atoms with van der Waals surface area (Å²) >= 11 is 0. The first-order valence-corrected chi connectivity index (χ1v) is 9.31. The predicted molar refractivity (Wildman–Crippen MR) is 97.7 cm³/mol. The highest BCUT2D eigenvalue weighted by Gasteiger charge is 2.14. The second-order valence-corrected chi connectivity index (χ2v) is 7.33. The van der Waals surface area contributed by atoms with Crippen molar-refractivity contribution in [2.24, 2.45) is 0 Å². The van der Waals surface area contributed by atoms with E-state index in [1.54, 1.807) is 6.26 Å². The van der Waals surface area contributed by atoms with E-state index in [0.29, 0.717) is 12.2 Å². The number of carbonyl (C=O) groups is 1. The van der Waals surface area contributed by atoms with E-state index in [4.69, 9.17) is 0 Å². The van der Waals surface area contributed by atoms with Crippen molar-refractivity contribution in [2.45, 2.75) is 25.3 Å². The molecule has 3 rings (SSSR count). The predicted octanol–water partition coefficient (Wildman–Crippen LogP) is 3.45. The number of rotatable bonds is 4. The molecule has 1 aromatic heterocycles. The van der Waals surface area contributed by atoms with E-state index < -0.39 is 10.8 Å². The molecule has 1 heterocycles. The smallest absolute Gasteiger partial charge is 0.268 e. The van der Waals surface area contributed by atoms with Crippen molar-refractivity contribution in [1.82, 2.24) is 10.3 Å². The Morgan fingerprint density at radius 2 is 1.83 bits per heavy atom. The molecule has 1 atom stereocenters. The molecule has 1 amide bonds. The Balaban J connectivity index is 1.75. The molecule has 0 saturated heterocycles. The summed E-state index contributed by atoms with van der Waals surface area (Å²) in [5.41, 5.74) is 4.68. The van der Waals surface area contributed by atoms with Gasteiger partial charge in [0.25, 0.3) is 5.91 Å². The first kappa shape index (κ1) is 16.5. The molecule has 0 aliphatic carbocycles. The van der Waals surface area contributed by atoms with E-state index in [9.17, 15) is 9.00 Å². The van der Waals surface area contributed by atoms with Crippen molar-refractivity contribution in [2.75, 3.05) is 6.26 Å². The third-order valence-electron chi connectivity index (χ3n) is 4.15. The van der Waals surface area contributed by atoms with Crippen LogP contribution in [0.4, 0.5) is 0 Å². The molecule has 5 heteroatoms. The number of aryl methyl sites for hydroxylation is 2. The van der Waals surface area contributed by atoms with Gasteiger partial charge in [0.15, 0.2) is 0 Å². The van der Waals surface area contributed by atoms with Gasteiger partial charge >= 0.3 is 0 Å². The van der Waals surface area contributed by atoms with Gasteiger partial charge in [-0.2, -0.15) is 0 Å². The zero-order valence-electron chi connectivity index (χ0n) is 14.0. The first-order chi connectivity index (χ1) is 11.5. The molecule has 0 aliphatic rings. The summed E-state index contributed by atoms with van der Waals surface area (Å²) in [5, 5.41) is 4.01. The molecule has 0 saturated carbocycles. The Bertz CT molecular complexity index is 926. The van der Waals surface area contributed by atoms with E-state index in [2.05, 4.69) is 16.4 Å². The maximum atomic E-state index is 12.5. The highest BCUT2D eigenvalue weighted by Crippen LogP contribution is 2.22. The van der Waals surface area contributed by atoms with Gasteiger partial charge in [-0.3, -0.25) is 9.00 Å². The summed E-state index contributed by atoms with van der Waals surface area (Å²) in [4.78, 5) is 16.5. The molecular formula is C19H20N2O2S. The summed E-state index contributed by atoms with van der Waals surface area (Å²) in [6.07, 6.45) is 1.65. The van der Waals surface area contributed by atoms with Crippen LogP contribution in [0.1, 0.15) is 27.2 Å². The summed E-state index contributed by atoms with van der Waals surface area (Å²) in [6.45, 7) is 4.43. The minimum Gasteiger partial charge on any atom is -0.350 e. The Labute approximate surface area is 143 Å². The zero-order valence-corrected chi connectivity index (χ0v) is 14.8. The van der Waals surface area contributed by atoms with Gasteiger partial charge in [-0.05, 0) is 49.2 Å². The van der Waals surface area contributed by atoms with E-state index in [-0.39, 0.29) is 5.91 Å². The van der Waals surface area contributed by atoms with Crippen molar-refractivity contribution >= 4 is 27.6 Å². The maximum Gasteiger partial charge on any atom is 0.268 e. The topological polar surface area (TPSA) is 62.0 Å². The highest BCUT2D eigenvalue weighted by atomic mass is 32.2. The van der Waals surface area contributed by atoms with Crippen LogP contribution in [0.15, 0.2) is 47.4 Å². The maximum absolute atomic E-state index is 12.5. The molecule has 24 heavy (non-hydrogen) atoms. The third kappa shape index (κ3) is 3.26. The van der Waals surface area contributed by atoms with Crippen LogP contribution in [0.2, 0.25) is 0 Å². The largest absolute Gasteiger partial charge is 0.350 e. The van der Waals surface area contributed by atoms with Crippen molar-refractivity contribution in [1.29, 1.82) is 0 Å². The number of nitrogens with one attached hydrogen (secondary N) is 2. The molecule has 0 fully saturated rings. The SMILES string of the molecule is Cc1ccc2[nH]c(C(=O)NCc3ccc(S(C)=O)cc3)c(C)c2c1. The van der Waals surface area contributed by atoms with E-state index >= 15 is 0 Å². The molecule has 4 nitrogen and oxygen atoms in total. The molecule has 1 unspecified atom stereocenters. The van der Waals surface area contributed by atoms with Gasteiger partial charge in [0.1, 0.15) is 5.69 Å². The van der Waals surface area contributed by atoms with Gasteiger partial charge in [0.05, 0.1) is 0 Å². The van der Waals surface area contributed by atoms with Crippen molar-refractivity contribution in [3.63, 3.8) is 0 Å². The number of hydrogen-bond acceptors (Lipinski definition) is 2. The number of benzene rings is 2. The number of hydrogen-bond donors (Lipinski definition) is 2. The summed E-state index contributed by atoms with van der Waals surface area (Å²) in [5.74, 6) is -0.121. The second-order valence-electron chi connectivity index (χ2n) is 5.95. The Morgan fingerprint density at radius 3 is 2.50 bits per heavy atom. The quantitative estimate of drug-likeness (QED) is 0.764. The van der Waals surface area contributed by atoms with E-state index in [0.717, 1.165) is 26.9 Å². The monoisotopic (exact) mass is 340 g/mol. The lowest BCUT2D eigenvalue weighted by molar-refractivity contribution is 0.0946. The van der Waals surface area contributed by atoms with Crippen LogP contribution in [0.5, 0.6) is 0 Å². The molecule has 124 valence electrons. The highest BCUT2D eigenvalue weighted by molar-refractivity contribution is 7.84. The lowest BCUT2D eigenvalue weighted by atomic mass is 10.1. The van der Waals surface area contributed by atoms with Crippen LogP contribution in [0, 0.1) is 13.8 Å². The number of H-pyrrole nitrogens is 1. The van der Waals surface area contributed by atoms with Gasteiger partial charge in [-0.1, -0.05) is 23.8 Å². The van der Waals surface area contributed by atoms with Crippen molar-refractivity contribution < 1.29 is 9.00 Å². The van der Waals surface area contributed by atoms with E-state index in [1.807, 2.05) is 50.2 Å². The number of carbonyl (C=O) groups excluding carboxylic acids is 1. The number of fused-ring (bicyclic) bond motifs is 1. The Morgan fingerprint density at radius 1 is 1.12 bits per heavy atom. The molecule has 0 bridgehead atoms. The summed E-state index contributed by atoms with van der Waals surface area (Å²) in [6, 6.07) is 13.5. The third-order valence-corrected chi connectivity index (χ3v) is 5.09. The Hall–Kier alpha value is -2.40. The standard InChI is InChI=1S/C19H20N2O2S/c1-12-4-9-17-16(10-12)13(2)18(21-17)19(22)20-11-14-5-7-15(8-6-14)24(3)23/h4-10,21H,11H2,1-3H3,(H,20,22). The summed E-state index contributed by atoms with van der Waals surface area (Å²) in [7, 11) is -0.986. The molecule has 0 spiro atoms. The fourth-order valence-corrected chi connectivity index (χ4v) is 3.26. The van der Waals surface area contributed by atoms with Crippen LogP contribution in [0.25, 0.3) is 10.9 Å². The molecule has 0 radical (unpaired) electrons. The lowest BCUT2D eigenvalue weighted by Gasteiger charge is -2.06. The van der Waals surface area contributed by atoms with Gasteiger partial charge in [0, 0.05) is 39.4 Å². The fourth-order valence-electron chi connectivity index (χ4n) is 2.74. The van der Waals surface area contributed by atoms with Crippen LogP contribution < -0.4 is 5.32 Å². The van der Waals surface area contributed by atoms with Crippen molar-refractivity contribution in [3.8, 4) is 0 Å². The first-order valence-electron chi connectivity index (χ1n) is 7.75. The average Bonchev–Trinajstić information content (AvgIpc) is 2.89. The summed E-state index contributed by atoms with van der Waals surface area (Å²) < 4.78 is 11.4. The minimum atomic E-state index is -0.986. The normalized spacial score (nSPS) is 12.3. The average molecular weight is 340 g/mol. The number of amides is 1. The van der Waals surface area contributed by atoms with Gasteiger partial charge in [0.2, 0.25) is 0 Å². The van der Waals surface area contributed by atoms with Crippen molar-refractivity contribution in [3.05, 3.63) is 64.8 Å². The van der Waals surface area contributed by atoms with Crippen LogP contribution in [0.3, 0.4) is 0 Å². The second kappa shape index (κ2) is 6.61. The number of aromatic amines is 1. The fraction of sp³-hybridized carbons (Fsp3) is 0.211. The van der Waals surface area contributed by atoms with Crippen LogP contribution in [-0.4, -0.2) is 21.4 Å².